The van der Waals surface area contributed by atoms with Gasteiger partial charge in [0.15, 0.2) is 0 Å². The zero-order valence-corrected chi connectivity index (χ0v) is 10.8. The Hall–Kier alpha value is -1.77. The second-order valence-electron chi connectivity index (χ2n) is 4.93. The average molecular weight is 241 g/mol. The molecule has 1 atom stereocenters. The quantitative estimate of drug-likeness (QED) is 0.872. The summed E-state index contributed by atoms with van der Waals surface area (Å²) in [6, 6.07) is 8.74. The van der Waals surface area contributed by atoms with Gasteiger partial charge in [0.05, 0.1) is 0 Å². The third-order valence-electron chi connectivity index (χ3n) is 3.63. The van der Waals surface area contributed by atoms with Gasteiger partial charge >= 0.3 is 0 Å². The van der Waals surface area contributed by atoms with Crippen molar-refractivity contribution in [1.82, 2.24) is 9.55 Å². The highest BCUT2D eigenvalue weighted by atomic mass is 15.2. The summed E-state index contributed by atoms with van der Waals surface area (Å²) in [5, 5.41) is 3.37. The Morgan fingerprint density at radius 3 is 3.11 bits per heavy atom. The van der Waals surface area contributed by atoms with Gasteiger partial charge in [-0.2, -0.15) is 0 Å². The Bertz CT molecular complexity index is 530. The third kappa shape index (κ3) is 2.01. The van der Waals surface area contributed by atoms with Gasteiger partial charge in [-0.25, -0.2) is 4.98 Å². The zero-order chi connectivity index (χ0) is 12.4. The first-order chi connectivity index (χ1) is 8.88. The molecule has 2 aromatic rings. The van der Waals surface area contributed by atoms with Gasteiger partial charge < -0.3 is 9.88 Å². The molecule has 18 heavy (non-hydrogen) atoms. The van der Waals surface area contributed by atoms with E-state index in [0.717, 1.165) is 25.5 Å². The minimum Gasteiger partial charge on any atom is -0.356 e. The standard InChI is InChI=1S/C15H19N3/c1-2-7-16-15-17-8-9-18(15)11-13-10-12-5-3-4-6-14(12)13/h3-6,8-9,13H,2,7,10-11H2,1H3,(H,16,17). The number of anilines is 1. The molecule has 3 nitrogen and oxygen atoms in total. The first-order valence-electron chi connectivity index (χ1n) is 6.71. The molecule has 1 aromatic heterocycles. The monoisotopic (exact) mass is 241 g/mol. The highest BCUT2D eigenvalue weighted by molar-refractivity contribution is 5.40. The lowest BCUT2D eigenvalue weighted by molar-refractivity contribution is 0.511. The van der Waals surface area contributed by atoms with E-state index in [4.69, 9.17) is 0 Å². The van der Waals surface area contributed by atoms with Crippen LogP contribution in [-0.2, 0) is 13.0 Å². The maximum absolute atomic E-state index is 4.37. The highest BCUT2D eigenvalue weighted by Gasteiger charge is 2.25. The lowest BCUT2D eigenvalue weighted by Crippen LogP contribution is -2.22. The molecular weight excluding hydrogens is 222 g/mol. The van der Waals surface area contributed by atoms with Crippen molar-refractivity contribution >= 4 is 5.95 Å². The van der Waals surface area contributed by atoms with Crippen molar-refractivity contribution in [3.8, 4) is 0 Å². The molecule has 1 aliphatic rings. The predicted molar refractivity (Wildman–Crippen MR) is 73.9 cm³/mol. The SMILES string of the molecule is CCCNc1nccn1CC1Cc2ccccc21. The number of nitrogens with zero attached hydrogens (tertiary/aromatic N) is 2. The zero-order valence-electron chi connectivity index (χ0n) is 10.8. The molecule has 1 N–H and O–H groups in total. The molecule has 0 fully saturated rings. The number of fused-ring (bicyclic) bond motifs is 1. The molecule has 1 aromatic carbocycles. The summed E-state index contributed by atoms with van der Waals surface area (Å²) in [6.07, 6.45) is 6.27. The van der Waals surface area contributed by atoms with Crippen molar-refractivity contribution in [2.24, 2.45) is 0 Å². The first kappa shape index (κ1) is 11.3. The van der Waals surface area contributed by atoms with Gasteiger partial charge in [0, 0.05) is 31.4 Å². The molecule has 1 heterocycles. The normalized spacial score (nSPS) is 17.1. The van der Waals surface area contributed by atoms with E-state index in [9.17, 15) is 0 Å². The van der Waals surface area contributed by atoms with Crippen molar-refractivity contribution in [3.05, 3.63) is 47.8 Å². The fourth-order valence-corrected chi connectivity index (χ4v) is 2.62. The molecule has 0 aliphatic heterocycles. The molecular formula is C15H19N3. The van der Waals surface area contributed by atoms with Gasteiger partial charge in [0.25, 0.3) is 0 Å². The van der Waals surface area contributed by atoms with Crippen molar-refractivity contribution < 1.29 is 0 Å². The van der Waals surface area contributed by atoms with Crippen LogP contribution in [0.5, 0.6) is 0 Å². The Kier molecular flexibility index (Phi) is 3.05. The van der Waals surface area contributed by atoms with E-state index in [-0.39, 0.29) is 0 Å². The lowest BCUT2D eigenvalue weighted by atomic mass is 9.77. The predicted octanol–water partition coefficient (Wildman–Crippen LogP) is 3.04. The van der Waals surface area contributed by atoms with Crippen LogP contribution in [0.15, 0.2) is 36.7 Å². The van der Waals surface area contributed by atoms with Crippen LogP contribution >= 0.6 is 0 Å². The summed E-state index contributed by atoms with van der Waals surface area (Å²) in [4.78, 5) is 4.37. The highest BCUT2D eigenvalue weighted by Crippen LogP contribution is 2.36. The number of nitrogens with one attached hydrogen (secondary N) is 1. The molecule has 0 bridgehead atoms. The molecule has 0 saturated heterocycles. The van der Waals surface area contributed by atoms with E-state index in [1.165, 1.54) is 17.5 Å². The summed E-state index contributed by atoms with van der Waals surface area (Å²) in [5.74, 6) is 1.65. The summed E-state index contributed by atoms with van der Waals surface area (Å²) >= 11 is 0. The lowest BCUT2D eigenvalue weighted by Gasteiger charge is -2.30. The van der Waals surface area contributed by atoms with E-state index in [0.29, 0.717) is 5.92 Å². The van der Waals surface area contributed by atoms with Crippen LogP contribution in [0.1, 0.15) is 30.4 Å². The van der Waals surface area contributed by atoms with E-state index >= 15 is 0 Å². The third-order valence-corrected chi connectivity index (χ3v) is 3.63. The van der Waals surface area contributed by atoms with Crippen molar-refractivity contribution in [2.45, 2.75) is 32.2 Å². The van der Waals surface area contributed by atoms with Crippen LogP contribution in [0.25, 0.3) is 0 Å². The molecule has 1 aliphatic carbocycles. The van der Waals surface area contributed by atoms with Crippen LogP contribution in [0.3, 0.4) is 0 Å². The van der Waals surface area contributed by atoms with Crippen LogP contribution in [0, 0.1) is 0 Å². The molecule has 0 saturated carbocycles. The minimum atomic E-state index is 0.651. The van der Waals surface area contributed by atoms with Crippen molar-refractivity contribution in [3.63, 3.8) is 0 Å². The number of aromatic nitrogens is 2. The fraction of sp³-hybridized carbons (Fsp3) is 0.400. The minimum absolute atomic E-state index is 0.651. The van der Waals surface area contributed by atoms with E-state index in [2.05, 4.69) is 52.3 Å². The second-order valence-corrected chi connectivity index (χ2v) is 4.93. The van der Waals surface area contributed by atoms with Gasteiger partial charge in [0.1, 0.15) is 0 Å². The topological polar surface area (TPSA) is 29.9 Å². The van der Waals surface area contributed by atoms with Crippen LogP contribution in [0.4, 0.5) is 5.95 Å². The maximum atomic E-state index is 4.37. The Morgan fingerprint density at radius 1 is 1.39 bits per heavy atom. The molecule has 0 radical (unpaired) electrons. The summed E-state index contributed by atoms with van der Waals surface area (Å²) in [6.45, 7) is 4.18. The maximum Gasteiger partial charge on any atom is 0.202 e. The first-order valence-corrected chi connectivity index (χ1v) is 6.71. The van der Waals surface area contributed by atoms with E-state index < -0.39 is 0 Å². The van der Waals surface area contributed by atoms with Crippen LogP contribution in [-0.4, -0.2) is 16.1 Å². The van der Waals surface area contributed by atoms with Gasteiger partial charge in [-0.15, -0.1) is 0 Å². The van der Waals surface area contributed by atoms with Gasteiger partial charge in [-0.1, -0.05) is 31.2 Å². The molecule has 0 spiro atoms. The van der Waals surface area contributed by atoms with Gasteiger partial charge in [-0.3, -0.25) is 0 Å². The van der Waals surface area contributed by atoms with E-state index in [1.807, 2.05) is 6.20 Å². The van der Waals surface area contributed by atoms with Gasteiger partial charge in [0.2, 0.25) is 5.95 Å². The molecule has 3 rings (SSSR count). The largest absolute Gasteiger partial charge is 0.356 e. The summed E-state index contributed by atoms with van der Waals surface area (Å²) in [7, 11) is 0. The van der Waals surface area contributed by atoms with Crippen molar-refractivity contribution in [1.29, 1.82) is 0 Å². The molecule has 0 amide bonds. The number of hydrogen-bond acceptors (Lipinski definition) is 2. The fourth-order valence-electron chi connectivity index (χ4n) is 2.62. The van der Waals surface area contributed by atoms with E-state index in [1.54, 1.807) is 0 Å². The Balaban J connectivity index is 1.70. The van der Waals surface area contributed by atoms with Gasteiger partial charge in [-0.05, 0) is 24.0 Å². The smallest absolute Gasteiger partial charge is 0.202 e. The number of imidazole rings is 1. The Labute approximate surface area is 108 Å². The van der Waals surface area contributed by atoms with Crippen LogP contribution in [0.2, 0.25) is 0 Å². The Morgan fingerprint density at radius 2 is 2.28 bits per heavy atom. The number of rotatable bonds is 5. The summed E-state index contributed by atoms with van der Waals surface area (Å²) in [5.41, 5.74) is 3.01. The second kappa shape index (κ2) is 4.84. The molecule has 94 valence electrons. The average Bonchev–Trinajstić information content (AvgIpc) is 2.81. The number of hydrogen-bond donors (Lipinski definition) is 1. The van der Waals surface area contributed by atoms with Crippen molar-refractivity contribution in [2.75, 3.05) is 11.9 Å². The number of benzene rings is 1. The summed E-state index contributed by atoms with van der Waals surface area (Å²) < 4.78 is 2.23. The molecule has 1 unspecified atom stereocenters. The molecule has 3 heteroatoms. The van der Waals surface area contributed by atoms with Crippen LogP contribution < -0.4 is 5.32 Å².